The Morgan fingerprint density at radius 3 is 2.33 bits per heavy atom. The van der Waals surface area contributed by atoms with Crippen molar-refractivity contribution in [3.05, 3.63) is 71.8 Å². The topological polar surface area (TPSA) is 79.9 Å². The zero-order valence-corrected chi connectivity index (χ0v) is 17.4. The molecule has 0 bridgehead atoms. The van der Waals surface area contributed by atoms with Crippen LogP contribution in [-0.4, -0.2) is 49.6 Å². The van der Waals surface area contributed by atoms with Crippen molar-refractivity contribution in [3.8, 4) is 22.8 Å². The Labute approximate surface area is 179 Å². The Morgan fingerprint density at radius 2 is 1.67 bits per heavy atom. The minimum Gasteiger partial charge on any atom is -0.488 e. The average molecular weight is 425 g/mol. The van der Waals surface area contributed by atoms with Gasteiger partial charge in [0.05, 0.1) is 19.0 Å². The minimum atomic E-state index is -0.0354. The number of methoxy groups -OCH3 is 1. The van der Waals surface area contributed by atoms with Gasteiger partial charge in [0.15, 0.2) is 11.6 Å². The van der Waals surface area contributed by atoms with Crippen molar-refractivity contribution in [1.82, 2.24) is 29.8 Å². The number of rotatable bonds is 8. The lowest BCUT2D eigenvalue weighted by molar-refractivity contribution is 0.0921. The molecule has 0 saturated carbocycles. The third-order valence-electron chi connectivity index (χ3n) is 4.42. The van der Waals surface area contributed by atoms with Crippen LogP contribution in [0.4, 0.5) is 0 Å². The maximum absolute atomic E-state index is 6.08. The summed E-state index contributed by atoms with van der Waals surface area (Å²) in [6, 6.07) is 15.3. The van der Waals surface area contributed by atoms with Crippen LogP contribution in [0, 0.1) is 0 Å². The fraction of sp³-hybridized carbons (Fsp3) is 0.238. The zero-order chi connectivity index (χ0) is 20.9. The van der Waals surface area contributed by atoms with E-state index in [0.29, 0.717) is 29.8 Å². The predicted molar refractivity (Wildman–Crippen MR) is 113 cm³/mol. The molecule has 0 spiro atoms. The summed E-state index contributed by atoms with van der Waals surface area (Å²) in [7, 11) is 1.66. The Morgan fingerprint density at radius 1 is 0.967 bits per heavy atom. The van der Waals surface area contributed by atoms with Gasteiger partial charge in [-0.05, 0) is 55.5 Å². The summed E-state index contributed by atoms with van der Waals surface area (Å²) in [6.45, 7) is 2.87. The summed E-state index contributed by atoms with van der Waals surface area (Å²) in [5.41, 5.74) is 1.81. The van der Waals surface area contributed by atoms with Crippen molar-refractivity contribution >= 4 is 11.6 Å². The number of ether oxygens (including phenoxy) is 2. The van der Waals surface area contributed by atoms with Gasteiger partial charge in [0, 0.05) is 23.4 Å². The molecule has 0 saturated heterocycles. The van der Waals surface area contributed by atoms with Crippen molar-refractivity contribution in [2.75, 3.05) is 13.7 Å². The van der Waals surface area contributed by atoms with Crippen LogP contribution >= 0.6 is 11.6 Å². The van der Waals surface area contributed by atoms with Crippen molar-refractivity contribution < 1.29 is 9.47 Å². The molecule has 0 fully saturated rings. The quantitative estimate of drug-likeness (QED) is 0.429. The fourth-order valence-corrected chi connectivity index (χ4v) is 3.23. The van der Waals surface area contributed by atoms with Gasteiger partial charge in [0.25, 0.3) is 0 Å². The molecule has 4 aromatic rings. The van der Waals surface area contributed by atoms with E-state index in [-0.39, 0.29) is 6.10 Å². The lowest BCUT2D eigenvalue weighted by atomic mass is 10.2. The van der Waals surface area contributed by atoms with E-state index in [1.165, 1.54) is 0 Å². The molecule has 0 N–H and O–H groups in total. The highest BCUT2D eigenvalue weighted by molar-refractivity contribution is 6.30. The molecule has 0 radical (unpaired) electrons. The Kier molecular flexibility index (Phi) is 6.06. The van der Waals surface area contributed by atoms with E-state index in [1.807, 2.05) is 60.0 Å². The summed E-state index contributed by atoms with van der Waals surface area (Å²) < 4.78 is 12.9. The molecule has 30 heavy (non-hydrogen) atoms. The Balaban J connectivity index is 1.69. The summed E-state index contributed by atoms with van der Waals surface area (Å²) in [5.74, 6) is 2.18. The maximum Gasteiger partial charge on any atom is 0.168 e. The van der Waals surface area contributed by atoms with E-state index in [1.54, 1.807) is 24.3 Å². The first-order chi connectivity index (χ1) is 14.6. The summed E-state index contributed by atoms with van der Waals surface area (Å²) >= 11 is 6.08. The maximum atomic E-state index is 6.08. The average Bonchev–Trinajstić information content (AvgIpc) is 3.40. The van der Waals surface area contributed by atoms with Crippen molar-refractivity contribution in [2.24, 2.45) is 0 Å². The van der Waals surface area contributed by atoms with Crippen LogP contribution in [0.3, 0.4) is 0 Å². The van der Waals surface area contributed by atoms with Gasteiger partial charge in [0.1, 0.15) is 18.4 Å². The number of hydrogen-bond donors (Lipinski definition) is 0. The molecule has 4 rings (SSSR count). The fourth-order valence-electron chi connectivity index (χ4n) is 3.10. The highest BCUT2D eigenvalue weighted by atomic mass is 35.5. The van der Waals surface area contributed by atoms with Crippen LogP contribution in [0.1, 0.15) is 12.7 Å². The van der Waals surface area contributed by atoms with E-state index in [0.717, 1.165) is 17.0 Å². The normalized spacial score (nSPS) is 12.1. The van der Waals surface area contributed by atoms with E-state index in [9.17, 15) is 0 Å². The highest BCUT2D eigenvalue weighted by Crippen LogP contribution is 2.26. The Hall–Kier alpha value is -3.23. The van der Waals surface area contributed by atoms with E-state index in [2.05, 4.69) is 20.4 Å². The largest absolute Gasteiger partial charge is 0.488 e. The molecule has 0 aliphatic carbocycles. The SMILES string of the molecule is COC[C@H](C)Oc1ccc(-c2nnc(Cn3nccn3)n2-c2ccc(Cl)cc2)cc1. The third-order valence-corrected chi connectivity index (χ3v) is 4.67. The van der Waals surface area contributed by atoms with Crippen LogP contribution in [-0.2, 0) is 11.3 Å². The van der Waals surface area contributed by atoms with Crippen molar-refractivity contribution in [1.29, 1.82) is 0 Å². The van der Waals surface area contributed by atoms with Crippen LogP contribution in [0.25, 0.3) is 17.1 Å². The summed E-state index contributed by atoms with van der Waals surface area (Å²) in [4.78, 5) is 1.56. The van der Waals surface area contributed by atoms with Gasteiger partial charge in [-0.25, -0.2) is 0 Å². The van der Waals surface area contributed by atoms with Gasteiger partial charge in [-0.15, -0.1) is 10.2 Å². The van der Waals surface area contributed by atoms with Crippen LogP contribution in [0.2, 0.25) is 5.02 Å². The molecule has 0 unspecified atom stereocenters. The molecular formula is C21H21ClN6O2. The molecule has 2 aromatic heterocycles. The first-order valence-electron chi connectivity index (χ1n) is 9.44. The number of halogens is 1. The second kappa shape index (κ2) is 9.06. The molecule has 0 aliphatic rings. The van der Waals surface area contributed by atoms with Crippen molar-refractivity contribution in [3.63, 3.8) is 0 Å². The lowest BCUT2D eigenvalue weighted by Gasteiger charge is -2.14. The number of hydrogen-bond acceptors (Lipinski definition) is 6. The molecule has 2 aromatic carbocycles. The summed E-state index contributed by atoms with van der Waals surface area (Å²) in [5, 5.41) is 17.8. The molecule has 2 heterocycles. The minimum absolute atomic E-state index is 0.0354. The van der Waals surface area contributed by atoms with Gasteiger partial charge in [-0.1, -0.05) is 11.6 Å². The number of benzene rings is 2. The van der Waals surface area contributed by atoms with Crippen LogP contribution < -0.4 is 4.74 Å². The molecule has 9 heteroatoms. The number of nitrogens with zero attached hydrogens (tertiary/aromatic N) is 6. The van der Waals surface area contributed by atoms with Crippen LogP contribution in [0.15, 0.2) is 60.9 Å². The molecule has 8 nitrogen and oxygen atoms in total. The van der Waals surface area contributed by atoms with E-state index in [4.69, 9.17) is 21.1 Å². The third kappa shape index (κ3) is 4.50. The Bertz CT molecular complexity index is 1080. The van der Waals surface area contributed by atoms with Gasteiger partial charge in [-0.3, -0.25) is 4.57 Å². The van der Waals surface area contributed by atoms with Gasteiger partial charge >= 0.3 is 0 Å². The van der Waals surface area contributed by atoms with Gasteiger partial charge in [-0.2, -0.15) is 15.0 Å². The molecule has 1 atom stereocenters. The standard InChI is InChI=1S/C21H21ClN6O2/c1-15(14-29-2)30-19-9-3-16(4-10-19)21-26-25-20(13-27-23-11-12-24-27)28(21)18-7-5-17(22)6-8-18/h3-12,15H,13-14H2,1-2H3/t15-/m0/s1. The van der Waals surface area contributed by atoms with E-state index >= 15 is 0 Å². The summed E-state index contributed by atoms with van der Waals surface area (Å²) in [6.07, 6.45) is 3.23. The predicted octanol–water partition coefficient (Wildman–Crippen LogP) is 3.64. The van der Waals surface area contributed by atoms with E-state index < -0.39 is 0 Å². The zero-order valence-electron chi connectivity index (χ0n) is 16.6. The molecule has 0 amide bonds. The first kappa shape index (κ1) is 20.1. The smallest absolute Gasteiger partial charge is 0.168 e. The second-order valence-corrected chi connectivity index (χ2v) is 7.16. The van der Waals surface area contributed by atoms with Crippen molar-refractivity contribution in [2.45, 2.75) is 19.6 Å². The van der Waals surface area contributed by atoms with Crippen LogP contribution in [0.5, 0.6) is 5.75 Å². The first-order valence-corrected chi connectivity index (χ1v) is 9.82. The molecule has 154 valence electrons. The number of aromatic nitrogens is 6. The monoisotopic (exact) mass is 424 g/mol. The lowest BCUT2D eigenvalue weighted by Crippen LogP contribution is -2.17. The highest BCUT2D eigenvalue weighted by Gasteiger charge is 2.17. The molecular weight excluding hydrogens is 404 g/mol. The molecule has 0 aliphatic heterocycles. The van der Waals surface area contributed by atoms with Gasteiger partial charge in [0.2, 0.25) is 0 Å². The second-order valence-electron chi connectivity index (χ2n) is 6.72. The van der Waals surface area contributed by atoms with Gasteiger partial charge < -0.3 is 9.47 Å².